The van der Waals surface area contributed by atoms with Gasteiger partial charge in [0.1, 0.15) is 0 Å². The van der Waals surface area contributed by atoms with Crippen molar-refractivity contribution in [3.63, 3.8) is 0 Å². The first-order valence-electron chi connectivity index (χ1n) is 4.63. The molecule has 0 aromatic rings. The first kappa shape index (κ1) is 13.8. The zero-order chi connectivity index (χ0) is 9.82. The van der Waals surface area contributed by atoms with E-state index in [0.29, 0.717) is 0 Å². The van der Waals surface area contributed by atoms with Gasteiger partial charge in [0.15, 0.2) is 0 Å². The predicted molar refractivity (Wildman–Crippen MR) is 59.4 cm³/mol. The minimum Gasteiger partial charge on any atom is -0.0991 e. The molecule has 0 spiro atoms. The Kier molecular flexibility index (Phi) is 14.8. The van der Waals surface area contributed by atoms with Crippen LogP contribution in [0.5, 0.6) is 0 Å². The van der Waals surface area contributed by atoms with E-state index in [4.69, 9.17) is 0 Å². The minimum absolute atomic E-state index is 1.06. The van der Waals surface area contributed by atoms with E-state index >= 15 is 0 Å². The van der Waals surface area contributed by atoms with Crippen LogP contribution in [0.4, 0.5) is 0 Å². The first-order valence-corrected chi connectivity index (χ1v) is 4.63. The molecule has 0 N–H and O–H groups in total. The lowest BCUT2D eigenvalue weighted by atomic mass is 10.3. The molecule has 0 unspecified atom stereocenters. The first-order chi connectivity index (χ1) is 5.68. The van der Waals surface area contributed by atoms with Crippen LogP contribution in [0.25, 0.3) is 0 Å². The average Bonchev–Trinajstić information content (AvgIpc) is 2.03. The van der Waals surface area contributed by atoms with Crippen LogP contribution in [0.2, 0.25) is 0 Å². The van der Waals surface area contributed by atoms with Crippen molar-refractivity contribution in [3.05, 3.63) is 37.0 Å². The molecule has 0 amide bonds. The molecule has 0 heteroatoms. The van der Waals surface area contributed by atoms with E-state index in [1.54, 1.807) is 6.08 Å². The Labute approximate surface area is 77.7 Å². The molecule has 0 saturated carbocycles. The summed E-state index contributed by atoms with van der Waals surface area (Å²) in [6.07, 6.45) is 9.58. The molecular weight excluding hydrogens is 144 g/mol. The molecule has 0 nitrogen and oxygen atoms in total. The van der Waals surface area contributed by atoms with Gasteiger partial charge in [-0.1, -0.05) is 70.1 Å². The van der Waals surface area contributed by atoms with Gasteiger partial charge < -0.3 is 0 Å². The minimum atomic E-state index is 1.06. The van der Waals surface area contributed by atoms with E-state index in [2.05, 4.69) is 27.0 Å². The normalized spacial score (nSPS) is 8.92. The fraction of sp³-hybridized carbons (Fsp3) is 0.500. The van der Waals surface area contributed by atoms with Gasteiger partial charge in [-0.25, -0.2) is 0 Å². The lowest BCUT2D eigenvalue weighted by Crippen LogP contribution is -1.59. The second-order valence-electron chi connectivity index (χ2n) is 2.79. The third-order valence-electron chi connectivity index (χ3n) is 1.22. The second-order valence-corrected chi connectivity index (χ2v) is 2.79. The van der Waals surface area contributed by atoms with Crippen molar-refractivity contribution in [2.75, 3.05) is 0 Å². The molecule has 12 heavy (non-hydrogen) atoms. The zero-order valence-corrected chi connectivity index (χ0v) is 8.77. The summed E-state index contributed by atoms with van der Waals surface area (Å²) in [7, 11) is 0. The maximum Gasteiger partial charge on any atom is -0.0404 e. The lowest BCUT2D eigenvalue weighted by Gasteiger charge is -1.79. The van der Waals surface area contributed by atoms with Gasteiger partial charge in [0.05, 0.1) is 0 Å². The van der Waals surface area contributed by atoms with Crippen molar-refractivity contribution < 1.29 is 0 Å². The fourth-order valence-corrected chi connectivity index (χ4v) is 0.586. The van der Waals surface area contributed by atoms with Gasteiger partial charge >= 0.3 is 0 Å². The summed E-state index contributed by atoms with van der Waals surface area (Å²) in [6, 6.07) is 0. The Morgan fingerprint density at radius 2 is 1.75 bits per heavy atom. The van der Waals surface area contributed by atoms with Crippen molar-refractivity contribution >= 4 is 0 Å². The third kappa shape index (κ3) is 22.9. The molecule has 0 aliphatic carbocycles. The molecule has 0 bridgehead atoms. The van der Waals surface area contributed by atoms with E-state index in [0.717, 1.165) is 5.57 Å². The second kappa shape index (κ2) is 12.9. The number of allylic oxidation sites excluding steroid dienone is 4. The van der Waals surface area contributed by atoms with E-state index in [1.807, 2.05) is 19.1 Å². The highest BCUT2D eigenvalue weighted by atomic mass is 13.7. The van der Waals surface area contributed by atoms with E-state index in [1.165, 1.54) is 19.3 Å². The highest BCUT2D eigenvalue weighted by molar-refractivity contribution is 5.15. The molecule has 0 aliphatic rings. The highest BCUT2D eigenvalue weighted by Gasteiger charge is 1.68. The van der Waals surface area contributed by atoms with Crippen molar-refractivity contribution in [2.45, 2.75) is 40.0 Å². The van der Waals surface area contributed by atoms with Gasteiger partial charge in [0.2, 0.25) is 0 Å². The SMILES string of the molecule is C=C/C=C\C(=C)C.CCCCC. The zero-order valence-electron chi connectivity index (χ0n) is 8.77. The Morgan fingerprint density at radius 3 is 1.83 bits per heavy atom. The van der Waals surface area contributed by atoms with Gasteiger partial charge in [0, 0.05) is 0 Å². The maximum atomic E-state index is 3.66. The Bertz CT molecular complexity index is 127. The molecule has 0 heterocycles. The van der Waals surface area contributed by atoms with Crippen molar-refractivity contribution in [1.82, 2.24) is 0 Å². The molecule has 0 rings (SSSR count). The van der Waals surface area contributed by atoms with Crippen LogP contribution in [0.3, 0.4) is 0 Å². The standard InChI is InChI=1S/C7H10.C5H12/c1-4-5-6-7(2)3;1-3-5-4-2/h4-6H,1-2H2,3H3;3-5H2,1-2H3/b6-5-;. The largest absolute Gasteiger partial charge is 0.0991 e. The number of rotatable bonds is 4. The van der Waals surface area contributed by atoms with E-state index in [9.17, 15) is 0 Å². The molecule has 70 valence electrons. The summed E-state index contributed by atoms with van der Waals surface area (Å²) < 4.78 is 0. The molecule has 0 fully saturated rings. The monoisotopic (exact) mass is 166 g/mol. The van der Waals surface area contributed by atoms with Crippen molar-refractivity contribution in [2.24, 2.45) is 0 Å². The molecule has 0 saturated heterocycles. The average molecular weight is 166 g/mol. The molecule has 0 aliphatic heterocycles. The summed E-state index contributed by atoms with van der Waals surface area (Å²) in [6.45, 7) is 13.5. The van der Waals surface area contributed by atoms with Gasteiger partial charge in [-0.3, -0.25) is 0 Å². The maximum absolute atomic E-state index is 3.66. The van der Waals surface area contributed by atoms with Crippen LogP contribution in [0.1, 0.15) is 40.0 Å². The number of hydrogen-bond donors (Lipinski definition) is 0. The summed E-state index contributed by atoms with van der Waals surface area (Å²) in [5.74, 6) is 0. The van der Waals surface area contributed by atoms with Gasteiger partial charge in [0.25, 0.3) is 0 Å². The fourth-order valence-electron chi connectivity index (χ4n) is 0.586. The number of hydrogen-bond acceptors (Lipinski definition) is 0. The Morgan fingerprint density at radius 1 is 1.25 bits per heavy atom. The van der Waals surface area contributed by atoms with Gasteiger partial charge in [-0.15, -0.1) is 0 Å². The van der Waals surface area contributed by atoms with Crippen molar-refractivity contribution in [1.29, 1.82) is 0 Å². The summed E-state index contributed by atoms with van der Waals surface area (Å²) >= 11 is 0. The van der Waals surface area contributed by atoms with Crippen LogP contribution in [-0.4, -0.2) is 0 Å². The topological polar surface area (TPSA) is 0 Å². The molecule has 0 atom stereocenters. The van der Waals surface area contributed by atoms with Crippen LogP contribution >= 0.6 is 0 Å². The highest BCUT2D eigenvalue weighted by Crippen LogP contribution is 1.88. The Hall–Kier alpha value is -0.780. The molecular formula is C12H22. The lowest BCUT2D eigenvalue weighted by molar-refractivity contribution is 0.772. The molecule has 0 aromatic carbocycles. The van der Waals surface area contributed by atoms with Crippen LogP contribution in [0.15, 0.2) is 37.0 Å². The molecule has 0 radical (unpaired) electrons. The van der Waals surface area contributed by atoms with Crippen LogP contribution < -0.4 is 0 Å². The Balaban J connectivity index is 0. The number of unbranched alkanes of at least 4 members (excludes halogenated alkanes) is 2. The van der Waals surface area contributed by atoms with Crippen LogP contribution in [-0.2, 0) is 0 Å². The summed E-state index contributed by atoms with van der Waals surface area (Å²) in [5.41, 5.74) is 1.06. The summed E-state index contributed by atoms with van der Waals surface area (Å²) in [5, 5.41) is 0. The van der Waals surface area contributed by atoms with Gasteiger partial charge in [-0.05, 0) is 6.92 Å². The van der Waals surface area contributed by atoms with Crippen LogP contribution in [0, 0.1) is 0 Å². The quantitative estimate of drug-likeness (QED) is 0.539. The van der Waals surface area contributed by atoms with E-state index in [-0.39, 0.29) is 0 Å². The van der Waals surface area contributed by atoms with Crippen molar-refractivity contribution in [3.8, 4) is 0 Å². The third-order valence-corrected chi connectivity index (χ3v) is 1.22. The predicted octanol–water partition coefficient (Wildman–Crippen LogP) is 4.50. The van der Waals surface area contributed by atoms with Gasteiger partial charge in [-0.2, -0.15) is 0 Å². The molecule has 0 aromatic heterocycles. The summed E-state index contributed by atoms with van der Waals surface area (Å²) in [4.78, 5) is 0. The van der Waals surface area contributed by atoms with E-state index < -0.39 is 0 Å². The smallest absolute Gasteiger partial charge is 0.0404 e.